The zero-order valence-corrected chi connectivity index (χ0v) is 11.6. The number of nitrogens with two attached hydrogens (primary N) is 1. The first-order chi connectivity index (χ1) is 8.51. The molecule has 2 N–H and O–H groups in total. The molecule has 2 heterocycles. The van der Waals surface area contributed by atoms with E-state index in [1.165, 1.54) is 6.42 Å². The van der Waals surface area contributed by atoms with Crippen molar-refractivity contribution < 1.29 is 4.74 Å². The molecule has 1 aromatic rings. The van der Waals surface area contributed by atoms with Gasteiger partial charge in [0.15, 0.2) is 0 Å². The fraction of sp³-hybridized carbons (Fsp3) is 0.692. The molecular formula is C13H22N4O. The van der Waals surface area contributed by atoms with Crippen LogP contribution in [0.3, 0.4) is 0 Å². The number of ether oxygens (including phenoxy) is 1. The third kappa shape index (κ3) is 2.49. The molecule has 1 fully saturated rings. The van der Waals surface area contributed by atoms with Crippen molar-refractivity contribution in [1.29, 1.82) is 0 Å². The quantitative estimate of drug-likeness (QED) is 0.869. The molecule has 1 aliphatic rings. The van der Waals surface area contributed by atoms with Crippen molar-refractivity contribution in [3.8, 4) is 5.88 Å². The van der Waals surface area contributed by atoms with E-state index in [0.29, 0.717) is 23.8 Å². The van der Waals surface area contributed by atoms with E-state index in [0.717, 1.165) is 12.4 Å². The summed E-state index contributed by atoms with van der Waals surface area (Å²) in [5, 5.41) is 0. The molecule has 1 aliphatic heterocycles. The summed E-state index contributed by atoms with van der Waals surface area (Å²) in [6.45, 7) is 7.80. The van der Waals surface area contributed by atoms with E-state index in [9.17, 15) is 0 Å². The summed E-state index contributed by atoms with van der Waals surface area (Å²) in [7, 11) is 1.59. The molecule has 0 bridgehead atoms. The van der Waals surface area contributed by atoms with Gasteiger partial charge in [-0.3, -0.25) is 0 Å². The summed E-state index contributed by atoms with van der Waals surface area (Å²) in [5.74, 6) is 2.97. The Morgan fingerprint density at radius 3 is 2.72 bits per heavy atom. The van der Waals surface area contributed by atoms with Gasteiger partial charge in [-0.15, -0.1) is 0 Å². The smallest absolute Gasteiger partial charge is 0.225 e. The van der Waals surface area contributed by atoms with E-state index < -0.39 is 0 Å². The molecule has 0 amide bonds. The first-order valence-electron chi connectivity index (χ1n) is 6.46. The number of piperidine rings is 1. The zero-order chi connectivity index (χ0) is 13.3. The third-order valence-electron chi connectivity index (χ3n) is 3.81. The summed E-state index contributed by atoms with van der Waals surface area (Å²) < 4.78 is 5.16. The van der Waals surface area contributed by atoms with Crippen LogP contribution in [-0.2, 0) is 0 Å². The van der Waals surface area contributed by atoms with Crippen molar-refractivity contribution in [1.82, 2.24) is 9.97 Å². The van der Waals surface area contributed by atoms with Crippen LogP contribution < -0.4 is 15.4 Å². The average Bonchev–Trinajstić information content (AvgIpc) is 2.32. The molecule has 5 nitrogen and oxygen atoms in total. The number of anilines is 2. The lowest BCUT2D eigenvalue weighted by Gasteiger charge is -2.41. The van der Waals surface area contributed by atoms with Crippen LogP contribution in [0.25, 0.3) is 0 Å². The SMILES string of the molecule is COc1cc(N2CC(C)CC(C)C2C)nc(N)n1. The predicted molar refractivity (Wildman–Crippen MR) is 72.7 cm³/mol. The summed E-state index contributed by atoms with van der Waals surface area (Å²) in [4.78, 5) is 10.7. The average molecular weight is 250 g/mol. The van der Waals surface area contributed by atoms with Gasteiger partial charge in [0.25, 0.3) is 0 Å². The fourth-order valence-corrected chi connectivity index (χ4v) is 2.70. The molecular weight excluding hydrogens is 228 g/mol. The Balaban J connectivity index is 2.31. The van der Waals surface area contributed by atoms with Gasteiger partial charge in [-0.1, -0.05) is 13.8 Å². The standard InChI is InChI=1S/C13H22N4O/c1-8-5-9(2)10(3)17(7-8)11-6-12(18-4)16-13(14)15-11/h6,8-10H,5,7H2,1-4H3,(H2,14,15,16). The van der Waals surface area contributed by atoms with Crippen LogP contribution in [0.2, 0.25) is 0 Å². The third-order valence-corrected chi connectivity index (χ3v) is 3.81. The van der Waals surface area contributed by atoms with Gasteiger partial charge >= 0.3 is 0 Å². The number of nitrogens with zero attached hydrogens (tertiary/aromatic N) is 3. The van der Waals surface area contributed by atoms with Crippen molar-refractivity contribution in [2.75, 3.05) is 24.3 Å². The van der Waals surface area contributed by atoms with Gasteiger partial charge in [0.2, 0.25) is 11.8 Å². The zero-order valence-electron chi connectivity index (χ0n) is 11.6. The second kappa shape index (κ2) is 5.00. The Morgan fingerprint density at radius 1 is 1.33 bits per heavy atom. The Labute approximate surface area is 108 Å². The van der Waals surface area contributed by atoms with Crippen LogP contribution in [-0.4, -0.2) is 29.7 Å². The van der Waals surface area contributed by atoms with E-state index in [4.69, 9.17) is 10.5 Å². The highest BCUT2D eigenvalue weighted by Gasteiger charge is 2.30. The first kappa shape index (κ1) is 12.9. The summed E-state index contributed by atoms with van der Waals surface area (Å²) in [6, 6.07) is 2.32. The Bertz CT molecular complexity index is 423. The number of rotatable bonds is 2. The molecule has 1 aromatic heterocycles. The lowest BCUT2D eigenvalue weighted by atomic mass is 9.86. The van der Waals surface area contributed by atoms with Crippen molar-refractivity contribution in [3.05, 3.63) is 6.07 Å². The normalized spacial score (nSPS) is 28.2. The van der Waals surface area contributed by atoms with Crippen LogP contribution in [0.4, 0.5) is 11.8 Å². The maximum Gasteiger partial charge on any atom is 0.225 e. The van der Waals surface area contributed by atoms with Crippen LogP contribution in [0.1, 0.15) is 27.2 Å². The molecule has 0 aromatic carbocycles. The molecule has 0 radical (unpaired) electrons. The number of nitrogen functional groups attached to an aromatic ring is 1. The second-order valence-corrected chi connectivity index (χ2v) is 5.34. The van der Waals surface area contributed by atoms with E-state index in [1.807, 2.05) is 6.07 Å². The maximum absolute atomic E-state index is 5.73. The monoisotopic (exact) mass is 250 g/mol. The maximum atomic E-state index is 5.73. The summed E-state index contributed by atoms with van der Waals surface area (Å²) in [5.41, 5.74) is 5.73. The molecule has 100 valence electrons. The molecule has 18 heavy (non-hydrogen) atoms. The van der Waals surface area contributed by atoms with Crippen LogP contribution in [0.5, 0.6) is 5.88 Å². The van der Waals surface area contributed by atoms with Crippen LogP contribution in [0, 0.1) is 11.8 Å². The molecule has 0 saturated carbocycles. The highest BCUT2D eigenvalue weighted by Crippen LogP contribution is 2.31. The minimum Gasteiger partial charge on any atom is -0.481 e. The fourth-order valence-electron chi connectivity index (χ4n) is 2.70. The Kier molecular flexibility index (Phi) is 3.59. The highest BCUT2D eigenvalue weighted by molar-refractivity contribution is 5.47. The van der Waals surface area contributed by atoms with E-state index in [1.54, 1.807) is 7.11 Å². The van der Waals surface area contributed by atoms with Crippen LogP contribution in [0.15, 0.2) is 6.07 Å². The van der Waals surface area contributed by atoms with Crippen molar-refractivity contribution >= 4 is 11.8 Å². The van der Waals surface area contributed by atoms with Gasteiger partial charge in [0.05, 0.1) is 7.11 Å². The molecule has 3 atom stereocenters. The van der Waals surface area contributed by atoms with Crippen molar-refractivity contribution in [2.45, 2.75) is 33.2 Å². The first-order valence-corrected chi connectivity index (χ1v) is 6.46. The number of hydrogen-bond donors (Lipinski definition) is 1. The van der Waals surface area contributed by atoms with Crippen LogP contribution >= 0.6 is 0 Å². The van der Waals surface area contributed by atoms with E-state index in [2.05, 4.69) is 35.6 Å². The van der Waals surface area contributed by atoms with Gasteiger partial charge in [-0.2, -0.15) is 9.97 Å². The van der Waals surface area contributed by atoms with Gasteiger partial charge in [-0.05, 0) is 25.2 Å². The largest absolute Gasteiger partial charge is 0.481 e. The lowest BCUT2D eigenvalue weighted by molar-refractivity contribution is 0.295. The van der Waals surface area contributed by atoms with Gasteiger partial charge in [0.1, 0.15) is 5.82 Å². The van der Waals surface area contributed by atoms with E-state index >= 15 is 0 Å². The topological polar surface area (TPSA) is 64.3 Å². The summed E-state index contributed by atoms with van der Waals surface area (Å²) in [6.07, 6.45) is 1.26. The summed E-state index contributed by atoms with van der Waals surface area (Å²) >= 11 is 0. The lowest BCUT2D eigenvalue weighted by Crippen LogP contribution is -2.46. The Hall–Kier alpha value is -1.52. The molecule has 3 unspecified atom stereocenters. The minimum atomic E-state index is 0.266. The number of hydrogen-bond acceptors (Lipinski definition) is 5. The Morgan fingerprint density at radius 2 is 2.06 bits per heavy atom. The highest BCUT2D eigenvalue weighted by atomic mass is 16.5. The molecule has 5 heteroatoms. The van der Waals surface area contributed by atoms with Gasteiger partial charge < -0.3 is 15.4 Å². The number of methoxy groups -OCH3 is 1. The second-order valence-electron chi connectivity index (χ2n) is 5.34. The van der Waals surface area contributed by atoms with Crippen molar-refractivity contribution in [3.63, 3.8) is 0 Å². The van der Waals surface area contributed by atoms with E-state index in [-0.39, 0.29) is 5.95 Å². The molecule has 0 spiro atoms. The molecule has 0 aliphatic carbocycles. The predicted octanol–water partition coefficient (Wildman–Crippen LogP) is 1.94. The molecule has 2 rings (SSSR count). The minimum absolute atomic E-state index is 0.266. The van der Waals surface area contributed by atoms with Gasteiger partial charge in [-0.25, -0.2) is 0 Å². The molecule has 1 saturated heterocycles. The number of aromatic nitrogens is 2. The van der Waals surface area contributed by atoms with Crippen molar-refractivity contribution in [2.24, 2.45) is 11.8 Å². The van der Waals surface area contributed by atoms with Gasteiger partial charge in [0, 0.05) is 18.7 Å².